The van der Waals surface area contributed by atoms with Crippen molar-refractivity contribution in [3.05, 3.63) is 47.3 Å². The molecule has 7 heteroatoms. The number of rotatable bonds is 5. The Balaban J connectivity index is 1.51. The molecule has 2 aliphatic rings. The third-order valence-electron chi connectivity index (χ3n) is 5.65. The molecule has 2 aromatic heterocycles. The highest BCUT2D eigenvalue weighted by Crippen LogP contribution is 2.22. The lowest BCUT2D eigenvalue weighted by Gasteiger charge is -2.23. The molecule has 0 bridgehead atoms. The zero-order chi connectivity index (χ0) is 19.3. The van der Waals surface area contributed by atoms with E-state index in [0.29, 0.717) is 18.1 Å². The fraction of sp³-hybridized carbons (Fsp3) is 0.524. The van der Waals surface area contributed by atoms with E-state index in [4.69, 9.17) is 0 Å². The molecular formula is C21H27N5O2. The van der Waals surface area contributed by atoms with Gasteiger partial charge in [0.25, 0.3) is 11.8 Å². The largest absolute Gasteiger partial charge is 0.347 e. The van der Waals surface area contributed by atoms with E-state index in [0.717, 1.165) is 62.7 Å². The summed E-state index contributed by atoms with van der Waals surface area (Å²) < 4.78 is 1.95. The summed E-state index contributed by atoms with van der Waals surface area (Å²) in [5, 5.41) is 6.05. The van der Waals surface area contributed by atoms with Crippen LogP contribution in [0.3, 0.4) is 0 Å². The molecule has 28 heavy (non-hydrogen) atoms. The third-order valence-corrected chi connectivity index (χ3v) is 5.65. The van der Waals surface area contributed by atoms with Gasteiger partial charge in [0.15, 0.2) is 5.82 Å². The summed E-state index contributed by atoms with van der Waals surface area (Å²) in [7, 11) is 0. The Kier molecular flexibility index (Phi) is 5.69. The van der Waals surface area contributed by atoms with Gasteiger partial charge >= 0.3 is 0 Å². The van der Waals surface area contributed by atoms with Crippen LogP contribution >= 0.6 is 0 Å². The summed E-state index contributed by atoms with van der Waals surface area (Å²) in [6, 6.07) is 3.98. The van der Waals surface area contributed by atoms with Crippen molar-refractivity contribution < 1.29 is 9.59 Å². The Hall–Kier alpha value is -2.70. The summed E-state index contributed by atoms with van der Waals surface area (Å²) in [4.78, 5) is 34.2. The summed E-state index contributed by atoms with van der Waals surface area (Å²) in [6.45, 7) is 1.13. The van der Waals surface area contributed by atoms with Gasteiger partial charge in [-0.3, -0.25) is 14.6 Å². The number of hydrogen-bond acceptors (Lipinski definition) is 4. The van der Waals surface area contributed by atoms with Crippen LogP contribution in [0.5, 0.6) is 0 Å². The van der Waals surface area contributed by atoms with E-state index < -0.39 is 0 Å². The first-order valence-corrected chi connectivity index (χ1v) is 10.3. The predicted octanol–water partition coefficient (Wildman–Crippen LogP) is 2.61. The van der Waals surface area contributed by atoms with Crippen molar-refractivity contribution in [2.24, 2.45) is 0 Å². The molecule has 0 saturated heterocycles. The van der Waals surface area contributed by atoms with Crippen molar-refractivity contribution in [1.29, 1.82) is 0 Å². The number of pyridine rings is 1. The standard InChI is InChI=1S/C21H27N5O2/c27-20(23-14-15-7-6-11-22-13-15)18-17-10-4-5-12-26(17)19(25-18)21(28)24-16-8-2-1-3-9-16/h6-7,11,13,16H,1-5,8-10,12,14H2,(H,23,27)(H,24,28). The van der Waals surface area contributed by atoms with Crippen molar-refractivity contribution in [2.75, 3.05) is 0 Å². The number of nitrogens with zero attached hydrogens (tertiary/aromatic N) is 3. The normalized spacial score (nSPS) is 17.0. The highest BCUT2D eigenvalue weighted by molar-refractivity contribution is 5.97. The van der Waals surface area contributed by atoms with E-state index in [1.54, 1.807) is 12.4 Å². The van der Waals surface area contributed by atoms with Crippen molar-refractivity contribution in [3.63, 3.8) is 0 Å². The molecule has 1 aliphatic carbocycles. The van der Waals surface area contributed by atoms with Gasteiger partial charge in [-0.2, -0.15) is 0 Å². The van der Waals surface area contributed by atoms with Gasteiger partial charge in [-0.1, -0.05) is 25.3 Å². The fourth-order valence-corrected chi connectivity index (χ4v) is 4.16. The fourth-order valence-electron chi connectivity index (χ4n) is 4.16. The van der Waals surface area contributed by atoms with E-state index in [1.807, 2.05) is 16.7 Å². The summed E-state index contributed by atoms with van der Waals surface area (Å²) in [6.07, 6.45) is 11.8. The van der Waals surface area contributed by atoms with Crippen LogP contribution in [0.4, 0.5) is 0 Å². The summed E-state index contributed by atoms with van der Waals surface area (Å²) in [5.41, 5.74) is 2.19. The number of carbonyl (C=O) groups excluding carboxylic acids is 2. The molecule has 1 fully saturated rings. The second-order valence-electron chi connectivity index (χ2n) is 7.69. The van der Waals surface area contributed by atoms with Crippen LogP contribution in [0.1, 0.15) is 77.3 Å². The van der Waals surface area contributed by atoms with E-state index >= 15 is 0 Å². The minimum absolute atomic E-state index is 0.152. The molecule has 0 unspecified atom stereocenters. The maximum absolute atomic E-state index is 12.9. The Labute approximate surface area is 165 Å². The Bertz CT molecular complexity index is 840. The van der Waals surface area contributed by atoms with Gasteiger partial charge in [0.2, 0.25) is 0 Å². The number of nitrogens with one attached hydrogen (secondary N) is 2. The van der Waals surface area contributed by atoms with Crippen LogP contribution < -0.4 is 10.6 Å². The van der Waals surface area contributed by atoms with E-state index in [9.17, 15) is 9.59 Å². The molecule has 0 aromatic carbocycles. The smallest absolute Gasteiger partial charge is 0.287 e. The van der Waals surface area contributed by atoms with Crippen molar-refractivity contribution in [1.82, 2.24) is 25.2 Å². The average Bonchev–Trinajstić information content (AvgIpc) is 3.13. The first kappa shape index (κ1) is 18.7. The average molecular weight is 381 g/mol. The second kappa shape index (κ2) is 8.54. The minimum Gasteiger partial charge on any atom is -0.347 e. The lowest BCUT2D eigenvalue weighted by Crippen LogP contribution is -2.37. The molecule has 1 aliphatic heterocycles. The lowest BCUT2D eigenvalue weighted by molar-refractivity contribution is 0.0911. The first-order chi connectivity index (χ1) is 13.7. The molecule has 0 radical (unpaired) electrons. The van der Waals surface area contributed by atoms with Crippen LogP contribution in [0.25, 0.3) is 0 Å². The zero-order valence-electron chi connectivity index (χ0n) is 16.1. The number of imidazole rings is 1. The van der Waals surface area contributed by atoms with Gasteiger partial charge in [-0.05, 0) is 43.7 Å². The van der Waals surface area contributed by atoms with Gasteiger partial charge in [0, 0.05) is 31.5 Å². The van der Waals surface area contributed by atoms with Crippen LogP contribution in [0, 0.1) is 0 Å². The van der Waals surface area contributed by atoms with Crippen LogP contribution in [-0.4, -0.2) is 32.4 Å². The Morgan fingerprint density at radius 1 is 1.11 bits per heavy atom. The summed E-state index contributed by atoms with van der Waals surface area (Å²) in [5.74, 6) is -0.000574. The molecule has 1 saturated carbocycles. The molecular weight excluding hydrogens is 354 g/mol. The maximum atomic E-state index is 12.9. The SMILES string of the molecule is O=C(NCc1cccnc1)c1nc(C(=O)NC2CCCCC2)n2c1CCCC2. The lowest BCUT2D eigenvalue weighted by atomic mass is 9.95. The Morgan fingerprint density at radius 2 is 1.96 bits per heavy atom. The molecule has 2 amide bonds. The number of amides is 2. The van der Waals surface area contributed by atoms with Gasteiger partial charge in [-0.15, -0.1) is 0 Å². The third kappa shape index (κ3) is 4.08. The number of carbonyl (C=O) groups is 2. The molecule has 148 valence electrons. The molecule has 3 heterocycles. The molecule has 7 nitrogen and oxygen atoms in total. The predicted molar refractivity (Wildman–Crippen MR) is 105 cm³/mol. The van der Waals surface area contributed by atoms with Crippen molar-refractivity contribution in [3.8, 4) is 0 Å². The Morgan fingerprint density at radius 3 is 2.75 bits per heavy atom. The minimum atomic E-state index is -0.230. The molecule has 2 N–H and O–H groups in total. The van der Waals surface area contributed by atoms with Crippen LogP contribution in [-0.2, 0) is 19.5 Å². The molecule has 2 aromatic rings. The molecule has 0 atom stereocenters. The number of hydrogen-bond donors (Lipinski definition) is 2. The van der Waals surface area contributed by atoms with Crippen LogP contribution in [0.15, 0.2) is 24.5 Å². The van der Waals surface area contributed by atoms with E-state index in [1.165, 1.54) is 6.42 Å². The molecule has 4 rings (SSSR count). The monoisotopic (exact) mass is 381 g/mol. The topological polar surface area (TPSA) is 88.9 Å². The summed E-state index contributed by atoms with van der Waals surface area (Å²) >= 11 is 0. The number of fused-ring (bicyclic) bond motifs is 1. The van der Waals surface area contributed by atoms with Gasteiger partial charge in [0.05, 0.1) is 5.69 Å². The van der Waals surface area contributed by atoms with Gasteiger partial charge in [0.1, 0.15) is 5.69 Å². The number of aromatic nitrogens is 3. The second-order valence-corrected chi connectivity index (χ2v) is 7.69. The van der Waals surface area contributed by atoms with Crippen molar-refractivity contribution in [2.45, 2.75) is 70.5 Å². The maximum Gasteiger partial charge on any atom is 0.287 e. The first-order valence-electron chi connectivity index (χ1n) is 10.3. The van der Waals surface area contributed by atoms with E-state index in [2.05, 4.69) is 20.6 Å². The van der Waals surface area contributed by atoms with Crippen molar-refractivity contribution >= 4 is 11.8 Å². The van der Waals surface area contributed by atoms with Crippen LogP contribution in [0.2, 0.25) is 0 Å². The van der Waals surface area contributed by atoms with Gasteiger partial charge < -0.3 is 15.2 Å². The zero-order valence-corrected chi connectivity index (χ0v) is 16.1. The quantitative estimate of drug-likeness (QED) is 0.833. The molecule has 0 spiro atoms. The van der Waals surface area contributed by atoms with Gasteiger partial charge in [-0.25, -0.2) is 4.98 Å². The highest BCUT2D eigenvalue weighted by Gasteiger charge is 2.28. The highest BCUT2D eigenvalue weighted by atomic mass is 16.2. The van der Waals surface area contributed by atoms with E-state index in [-0.39, 0.29) is 17.9 Å².